The van der Waals surface area contributed by atoms with E-state index in [2.05, 4.69) is 42.7 Å². The summed E-state index contributed by atoms with van der Waals surface area (Å²) >= 11 is 0. The van der Waals surface area contributed by atoms with Crippen molar-refractivity contribution in [2.45, 2.75) is 86.3 Å². The number of hydrogen-bond donors (Lipinski definition) is 0. The Balaban J connectivity index is 1.71. The van der Waals surface area contributed by atoms with Crippen LogP contribution < -0.4 is 5.43 Å². The largest absolute Gasteiger partial charge is 0.444 e. The molecule has 1 aromatic rings. The summed E-state index contributed by atoms with van der Waals surface area (Å²) in [5.74, 6) is 5.56. The van der Waals surface area contributed by atoms with E-state index in [0.717, 1.165) is 41.8 Å². The van der Waals surface area contributed by atoms with Crippen molar-refractivity contribution in [1.82, 2.24) is 9.80 Å². The number of aryl methyl sites for hydroxylation is 2. The molecule has 0 aromatic heterocycles. The SMILES string of the molecule is CCN(C1=C(C)C(C(=O)C#CCc2c(C)cc(C)c#cc2=O)=CC1C)C1CCN(C(=O)OC(C)(C)C)CC1. The number of hydrogen-bond acceptors (Lipinski definition) is 5. The van der Waals surface area contributed by atoms with E-state index in [1.165, 1.54) is 0 Å². The summed E-state index contributed by atoms with van der Waals surface area (Å²) in [6.45, 7) is 17.7. The van der Waals surface area contributed by atoms with E-state index in [1.807, 2.05) is 53.7 Å². The molecule has 3 rings (SSSR count). The van der Waals surface area contributed by atoms with Crippen LogP contribution in [0.15, 0.2) is 33.8 Å². The summed E-state index contributed by atoms with van der Waals surface area (Å²) in [6, 6.07) is 7.64. The van der Waals surface area contributed by atoms with Gasteiger partial charge in [0.25, 0.3) is 0 Å². The van der Waals surface area contributed by atoms with E-state index in [1.54, 1.807) is 4.90 Å². The summed E-state index contributed by atoms with van der Waals surface area (Å²) in [6.07, 6.45) is 3.63. The van der Waals surface area contributed by atoms with Crippen LogP contribution in [0.2, 0.25) is 0 Å². The maximum absolute atomic E-state index is 13.1. The van der Waals surface area contributed by atoms with Gasteiger partial charge >= 0.3 is 6.09 Å². The van der Waals surface area contributed by atoms with Gasteiger partial charge in [-0.3, -0.25) is 9.59 Å². The number of nitrogens with zero attached hydrogens (tertiary/aromatic N) is 2. The standard InChI is InChI=1S/C32H40N2O4/c1-9-34(25-15-17-33(18-16-25)31(37)38-32(6,7)8)30-23(4)20-27(24(30)5)28(35)12-10-11-26-22(3)19-21(2)13-14-29(26)36/h19-20,23,25H,9,11,15-18H2,1-8H3. The zero-order valence-electron chi connectivity index (χ0n) is 24.1. The molecule has 6 nitrogen and oxygen atoms in total. The number of ketones is 1. The topological polar surface area (TPSA) is 66.9 Å². The van der Waals surface area contributed by atoms with Crippen LogP contribution in [0.5, 0.6) is 0 Å². The van der Waals surface area contributed by atoms with Crippen molar-refractivity contribution in [3.63, 3.8) is 0 Å². The Morgan fingerprint density at radius 1 is 1.16 bits per heavy atom. The molecule has 1 unspecified atom stereocenters. The molecule has 1 fully saturated rings. The minimum absolute atomic E-state index is 0.0939. The lowest BCUT2D eigenvalue weighted by Gasteiger charge is -2.41. The van der Waals surface area contributed by atoms with Gasteiger partial charge in [0.05, 0.1) is 0 Å². The highest BCUT2D eigenvalue weighted by molar-refractivity contribution is 6.12. The summed E-state index contributed by atoms with van der Waals surface area (Å²) in [7, 11) is 0. The van der Waals surface area contributed by atoms with E-state index < -0.39 is 5.60 Å². The number of carbonyl (C=O) groups excluding carboxylic acids is 2. The molecule has 1 heterocycles. The first-order valence-electron chi connectivity index (χ1n) is 13.5. The van der Waals surface area contributed by atoms with Crippen molar-refractivity contribution in [2.24, 2.45) is 5.92 Å². The third kappa shape index (κ3) is 6.87. The fraction of sp³-hybridized carbons (Fsp3) is 0.531. The number of allylic oxidation sites excluding steroid dienone is 3. The van der Waals surface area contributed by atoms with Gasteiger partial charge in [-0.2, -0.15) is 0 Å². The molecule has 1 atom stereocenters. The van der Waals surface area contributed by atoms with Crippen LogP contribution in [-0.4, -0.2) is 53.0 Å². The molecule has 0 radical (unpaired) electrons. The van der Waals surface area contributed by atoms with E-state index in [-0.39, 0.29) is 35.7 Å². The van der Waals surface area contributed by atoms with Crippen molar-refractivity contribution in [2.75, 3.05) is 19.6 Å². The average Bonchev–Trinajstić information content (AvgIpc) is 3.07. The first-order chi connectivity index (χ1) is 17.8. The summed E-state index contributed by atoms with van der Waals surface area (Å²) < 4.78 is 5.54. The van der Waals surface area contributed by atoms with E-state index >= 15 is 0 Å². The van der Waals surface area contributed by atoms with Crippen LogP contribution in [-0.2, 0) is 16.0 Å². The predicted octanol–water partition coefficient (Wildman–Crippen LogP) is 4.95. The lowest BCUT2D eigenvalue weighted by Crippen LogP contribution is -2.48. The second kappa shape index (κ2) is 11.9. The molecular formula is C32H40N2O4. The molecule has 0 spiro atoms. The van der Waals surface area contributed by atoms with Crippen molar-refractivity contribution in [3.05, 3.63) is 68.0 Å². The first kappa shape index (κ1) is 29.1. The van der Waals surface area contributed by atoms with Crippen LogP contribution >= 0.6 is 0 Å². The Labute approximate surface area is 227 Å². The highest BCUT2D eigenvalue weighted by Crippen LogP contribution is 2.36. The fourth-order valence-electron chi connectivity index (χ4n) is 5.33. The summed E-state index contributed by atoms with van der Waals surface area (Å²) in [4.78, 5) is 42.1. The Morgan fingerprint density at radius 3 is 2.42 bits per heavy atom. The van der Waals surface area contributed by atoms with Crippen LogP contribution in [0.4, 0.5) is 4.79 Å². The molecule has 202 valence electrons. The third-order valence-electron chi connectivity index (χ3n) is 7.11. The average molecular weight is 517 g/mol. The number of piperidine rings is 1. The molecule has 1 amide bonds. The monoisotopic (exact) mass is 516 g/mol. The number of likely N-dealkylation sites (tertiary alicyclic amines) is 1. The van der Waals surface area contributed by atoms with Crippen molar-refractivity contribution in [1.29, 1.82) is 0 Å². The molecule has 1 aliphatic heterocycles. The van der Waals surface area contributed by atoms with Gasteiger partial charge in [0.15, 0.2) is 0 Å². The Kier molecular flexibility index (Phi) is 9.10. The fourth-order valence-corrected chi connectivity index (χ4v) is 5.33. The number of carbonyl (C=O) groups is 2. The van der Waals surface area contributed by atoms with Gasteiger partial charge in [0.2, 0.25) is 11.2 Å². The molecule has 0 saturated carbocycles. The predicted molar refractivity (Wildman–Crippen MR) is 150 cm³/mol. The third-order valence-corrected chi connectivity index (χ3v) is 7.11. The molecule has 1 saturated heterocycles. The quantitative estimate of drug-likeness (QED) is 0.409. The minimum atomic E-state index is -0.507. The molecule has 1 aliphatic carbocycles. The first-order valence-corrected chi connectivity index (χ1v) is 13.5. The Bertz CT molecular complexity index is 1260. The molecule has 38 heavy (non-hydrogen) atoms. The maximum atomic E-state index is 13.1. The van der Waals surface area contributed by atoms with Gasteiger partial charge < -0.3 is 14.5 Å². The van der Waals surface area contributed by atoms with Crippen molar-refractivity contribution < 1.29 is 14.3 Å². The summed E-state index contributed by atoms with van der Waals surface area (Å²) in [5.41, 5.74) is 4.22. The molecule has 2 aliphatic rings. The van der Waals surface area contributed by atoms with E-state index in [0.29, 0.717) is 24.2 Å². The number of amides is 1. The smallest absolute Gasteiger partial charge is 0.410 e. The van der Waals surface area contributed by atoms with Gasteiger partial charge in [0, 0.05) is 54.8 Å². The van der Waals surface area contributed by atoms with Gasteiger partial charge in [0.1, 0.15) is 5.60 Å². The van der Waals surface area contributed by atoms with E-state index in [9.17, 15) is 14.4 Å². The number of ether oxygens (including phenoxy) is 1. The van der Waals surface area contributed by atoms with Gasteiger partial charge in [-0.15, -0.1) is 0 Å². The van der Waals surface area contributed by atoms with Crippen LogP contribution in [0, 0.1) is 43.7 Å². The molecule has 0 N–H and O–H groups in total. The van der Waals surface area contributed by atoms with Crippen LogP contribution in [0.25, 0.3) is 0 Å². The van der Waals surface area contributed by atoms with Gasteiger partial charge in [-0.1, -0.05) is 25.0 Å². The van der Waals surface area contributed by atoms with E-state index in [4.69, 9.17) is 4.74 Å². The Morgan fingerprint density at radius 2 is 1.82 bits per heavy atom. The van der Waals surface area contributed by atoms with Gasteiger partial charge in [-0.05, 0) is 96.1 Å². The lowest BCUT2D eigenvalue weighted by molar-refractivity contribution is -0.110. The zero-order valence-corrected chi connectivity index (χ0v) is 24.1. The highest BCUT2D eigenvalue weighted by Gasteiger charge is 2.34. The normalized spacial score (nSPS) is 17.8. The zero-order chi connectivity index (χ0) is 28.2. The van der Waals surface area contributed by atoms with Crippen LogP contribution in [0.3, 0.4) is 0 Å². The highest BCUT2D eigenvalue weighted by atomic mass is 16.6. The second-order valence-electron chi connectivity index (χ2n) is 11.2. The molecular weight excluding hydrogens is 476 g/mol. The Hall–Kier alpha value is -3.51. The molecule has 0 bridgehead atoms. The summed E-state index contributed by atoms with van der Waals surface area (Å²) in [5, 5.41) is 0. The van der Waals surface area contributed by atoms with Crippen molar-refractivity contribution >= 4 is 11.9 Å². The van der Waals surface area contributed by atoms with Gasteiger partial charge in [-0.25, -0.2) is 4.79 Å². The minimum Gasteiger partial charge on any atom is -0.444 e. The molecule has 6 heteroatoms. The molecule has 1 aromatic carbocycles. The second-order valence-corrected chi connectivity index (χ2v) is 11.2. The maximum Gasteiger partial charge on any atom is 0.410 e. The number of Topliss-reactive ketones (excluding diaryl/α,β-unsaturated/α-hetero) is 1. The van der Waals surface area contributed by atoms with Crippen LogP contribution in [0.1, 0.15) is 71.1 Å². The van der Waals surface area contributed by atoms with Crippen molar-refractivity contribution in [3.8, 4) is 11.8 Å². The number of rotatable bonds is 5. The lowest BCUT2D eigenvalue weighted by atomic mass is 9.99.